The number of aryl methyl sites for hydroxylation is 1. The highest BCUT2D eigenvalue weighted by Gasteiger charge is 2.27. The number of nitrogens with one attached hydrogen (secondary N) is 2. The summed E-state index contributed by atoms with van der Waals surface area (Å²) in [4.78, 5) is 25.6. The first-order chi connectivity index (χ1) is 17.2. The number of aromatic nitrogens is 3. The van der Waals surface area contributed by atoms with Crippen LogP contribution in [0.15, 0.2) is 60.3 Å². The van der Waals surface area contributed by atoms with E-state index >= 15 is 0 Å². The molecule has 10 heteroatoms. The average molecular weight is 547 g/mol. The van der Waals surface area contributed by atoms with E-state index in [1.54, 1.807) is 18.2 Å². The topological polar surface area (TPSA) is 88.9 Å². The van der Waals surface area contributed by atoms with Crippen molar-refractivity contribution in [2.75, 3.05) is 11.1 Å². The highest BCUT2D eigenvalue weighted by molar-refractivity contribution is 7.99. The molecule has 0 bridgehead atoms. The fourth-order valence-corrected chi connectivity index (χ4v) is 4.88. The summed E-state index contributed by atoms with van der Waals surface area (Å²) in [6.07, 6.45) is 2.55. The van der Waals surface area contributed by atoms with Gasteiger partial charge in [0.25, 0.3) is 5.91 Å². The monoisotopic (exact) mass is 545 g/mol. The molecule has 3 rings (SSSR count). The van der Waals surface area contributed by atoms with Crippen molar-refractivity contribution < 1.29 is 9.59 Å². The van der Waals surface area contributed by atoms with Crippen molar-refractivity contribution in [2.24, 2.45) is 5.92 Å². The smallest absolute Gasteiger partial charge is 0.253 e. The molecular weight excluding hydrogens is 517 g/mol. The largest absolute Gasteiger partial charge is 0.342 e. The second-order valence-electron chi connectivity index (χ2n) is 8.41. The number of thioether (sulfide) groups is 1. The lowest BCUT2D eigenvalue weighted by atomic mass is 10.0. The van der Waals surface area contributed by atoms with Gasteiger partial charge in [-0.2, -0.15) is 0 Å². The number of amides is 2. The minimum atomic E-state index is -0.448. The number of halogens is 2. The molecule has 0 fully saturated rings. The van der Waals surface area contributed by atoms with E-state index in [1.807, 2.05) is 49.6 Å². The van der Waals surface area contributed by atoms with Gasteiger partial charge in [-0.3, -0.25) is 9.59 Å². The molecule has 3 aromatic rings. The molecule has 0 spiro atoms. The van der Waals surface area contributed by atoms with Crippen molar-refractivity contribution >= 4 is 52.5 Å². The van der Waals surface area contributed by atoms with Crippen LogP contribution in [-0.4, -0.2) is 32.3 Å². The van der Waals surface area contributed by atoms with Crippen LogP contribution in [0.1, 0.15) is 48.6 Å². The van der Waals surface area contributed by atoms with E-state index in [2.05, 4.69) is 27.4 Å². The fraction of sp³-hybridized carbons (Fsp3) is 0.308. The van der Waals surface area contributed by atoms with Crippen LogP contribution >= 0.6 is 35.0 Å². The third kappa shape index (κ3) is 6.90. The highest BCUT2D eigenvalue weighted by Crippen LogP contribution is 2.27. The van der Waals surface area contributed by atoms with Crippen molar-refractivity contribution in [3.8, 4) is 0 Å². The van der Waals surface area contributed by atoms with Gasteiger partial charge in [0.2, 0.25) is 5.91 Å². The summed E-state index contributed by atoms with van der Waals surface area (Å²) in [6.45, 7) is 10.3. The van der Waals surface area contributed by atoms with Gasteiger partial charge in [0.05, 0.1) is 22.4 Å². The predicted molar refractivity (Wildman–Crippen MR) is 147 cm³/mol. The van der Waals surface area contributed by atoms with Crippen molar-refractivity contribution in [3.63, 3.8) is 0 Å². The first-order valence-corrected chi connectivity index (χ1v) is 13.3. The van der Waals surface area contributed by atoms with Crippen LogP contribution in [0.2, 0.25) is 10.0 Å². The first-order valence-electron chi connectivity index (χ1n) is 11.6. The third-order valence-electron chi connectivity index (χ3n) is 5.47. The molecule has 0 aliphatic heterocycles. The van der Waals surface area contributed by atoms with Gasteiger partial charge in [-0.05, 0) is 42.2 Å². The Morgan fingerprint density at radius 2 is 1.92 bits per heavy atom. The number of allylic oxidation sites excluding steroid dienone is 1. The fourth-order valence-electron chi connectivity index (χ4n) is 3.63. The molecule has 1 atom stereocenters. The SMILES string of the molecule is C=CCn1c(SCC(=O)Nc2ccccc2CC)nnc1[C@@H](NC(=O)c1ccc(Cl)cc1Cl)C(C)C. The minimum absolute atomic E-state index is 0.000477. The lowest BCUT2D eigenvalue weighted by Gasteiger charge is -2.23. The molecule has 190 valence electrons. The highest BCUT2D eigenvalue weighted by atomic mass is 35.5. The maximum Gasteiger partial charge on any atom is 0.253 e. The van der Waals surface area contributed by atoms with Crippen molar-refractivity contribution in [1.29, 1.82) is 0 Å². The van der Waals surface area contributed by atoms with Crippen molar-refractivity contribution in [1.82, 2.24) is 20.1 Å². The Bertz CT molecular complexity index is 1240. The zero-order valence-electron chi connectivity index (χ0n) is 20.4. The van der Waals surface area contributed by atoms with Crippen LogP contribution in [0, 0.1) is 5.92 Å². The lowest BCUT2D eigenvalue weighted by molar-refractivity contribution is -0.113. The maximum absolute atomic E-state index is 13.0. The zero-order valence-corrected chi connectivity index (χ0v) is 22.8. The molecule has 2 N–H and O–H groups in total. The Labute approximate surface area is 225 Å². The summed E-state index contributed by atoms with van der Waals surface area (Å²) in [5, 5.41) is 16.0. The Morgan fingerprint density at radius 1 is 1.17 bits per heavy atom. The number of hydrogen-bond acceptors (Lipinski definition) is 5. The molecule has 1 heterocycles. The maximum atomic E-state index is 13.0. The summed E-state index contributed by atoms with van der Waals surface area (Å²) in [5.74, 6) is 0.252. The Morgan fingerprint density at radius 3 is 2.58 bits per heavy atom. The third-order valence-corrected chi connectivity index (χ3v) is 6.98. The van der Waals surface area contributed by atoms with Gasteiger partial charge in [-0.25, -0.2) is 0 Å². The second-order valence-corrected chi connectivity index (χ2v) is 10.2. The Kier molecular flexibility index (Phi) is 9.98. The number of benzene rings is 2. The zero-order chi connectivity index (χ0) is 26.2. The van der Waals surface area contributed by atoms with E-state index in [4.69, 9.17) is 23.2 Å². The number of nitrogens with zero attached hydrogens (tertiary/aromatic N) is 3. The van der Waals surface area contributed by atoms with Crippen LogP contribution in [0.25, 0.3) is 0 Å². The Balaban J connectivity index is 1.77. The molecule has 0 unspecified atom stereocenters. The molecule has 2 aromatic carbocycles. The number of carbonyl (C=O) groups is 2. The summed E-state index contributed by atoms with van der Waals surface area (Å²) < 4.78 is 1.86. The number of rotatable bonds is 11. The summed E-state index contributed by atoms with van der Waals surface area (Å²) >= 11 is 13.5. The van der Waals surface area contributed by atoms with E-state index in [0.29, 0.717) is 28.1 Å². The minimum Gasteiger partial charge on any atom is -0.342 e. The molecule has 0 radical (unpaired) electrons. The molecule has 1 aromatic heterocycles. The molecule has 36 heavy (non-hydrogen) atoms. The van der Waals surface area contributed by atoms with Crippen LogP contribution in [0.4, 0.5) is 5.69 Å². The first kappa shape index (κ1) is 27.8. The van der Waals surface area contributed by atoms with E-state index in [-0.39, 0.29) is 28.5 Å². The van der Waals surface area contributed by atoms with Gasteiger partial charge in [0, 0.05) is 17.3 Å². The van der Waals surface area contributed by atoms with Crippen LogP contribution in [0.3, 0.4) is 0 Å². The summed E-state index contributed by atoms with van der Waals surface area (Å²) in [6, 6.07) is 12.0. The molecule has 0 aliphatic rings. The molecule has 0 saturated heterocycles. The van der Waals surface area contributed by atoms with E-state index in [9.17, 15) is 9.59 Å². The second kappa shape index (κ2) is 12.9. The summed E-state index contributed by atoms with van der Waals surface area (Å²) in [7, 11) is 0. The van der Waals surface area contributed by atoms with Crippen molar-refractivity contribution in [2.45, 2.75) is 44.9 Å². The predicted octanol–water partition coefficient (Wildman–Crippen LogP) is 6.19. The van der Waals surface area contributed by atoms with Gasteiger partial charge < -0.3 is 15.2 Å². The molecule has 2 amide bonds. The van der Waals surface area contributed by atoms with E-state index < -0.39 is 6.04 Å². The Hall–Kier alpha value is -2.81. The standard InChI is InChI=1S/C26H29Cl2N5O2S/c1-5-13-33-24(23(16(3)4)30-25(35)19-12-11-18(27)14-20(19)28)31-32-26(33)36-15-22(34)29-21-10-8-7-9-17(21)6-2/h5,7-12,14,16,23H,1,6,13,15H2,2-4H3,(H,29,34)(H,30,35)/t23-/m0/s1. The van der Waals surface area contributed by atoms with Crippen LogP contribution in [-0.2, 0) is 17.8 Å². The number of carbonyl (C=O) groups excluding carboxylic acids is 2. The van der Waals surface area contributed by atoms with Gasteiger partial charge in [0.1, 0.15) is 0 Å². The number of anilines is 1. The van der Waals surface area contributed by atoms with Gasteiger partial charge >= 0.3 is 0 Å². The number of hydrogen-bond donors (Lipinski definition) is 2. The molecule has 0 aliphatic carbocycles. The van der Waals surface area contributed by atoms with E-state index in [1.165, 1.54) is 17.8 Å². The quantitative estimate of drug-likeness (QED) is 0.221. The van der Waals surface area contributed by atoms with Crippen LogP contribution in [0.5, 0.6) is 0 Å². The number of para-hydroxylation sites is 1. The molecular formula is C26H29Cl2N5O2S. The van der Waals surface area contributed by atoms with E-state index in [0.717, 1.165) is 17.7 Å². The van der Waals surface area contributed by atoms with Gasteiger partial charge in [0.15, 0.2) is 11.0 Å². The lowest BCUT2D eigenvalue weighted by Crippen LogP contribution is -2.34. The van der Waals surface area contributed by atoms with Crippen molar-refractivity contribution in [3.05, 3.63) is 82.1 Å². The van der Waals surface area contributed by atoms with Crippen LogP contribution < -0.4 is 10.6 Å². The summed E-state index contributed by atoms with van der Waals surface area (Å²) in [5.41, 5.74) is 2.20. The molecule has 7 nitrogen and oxygen atoms in total. The van der Waals surface area contributed by atoms with Gasteiger partial charge in [-0.15, -0.1) is 16.8 Å². The normalized spacial score (nSPS) is 11.8. The average Bonchev–Trinajstić information content (AvgIpc) is 3.23. The van der Waals surface area contributed by atoms with Gasteiger partial charge in [-0.1, -0.05) is 80.0 Å². The molecule has 0 saturated carbocycles.